The van der Waals surface area contributed by atoms with Crippen LogP contribution in [0.25, 0.3) is 0 Å². The monoisotopic (exact) mass is 594 g/mol. The highest BCUT2D eigenvalue weighted by molar-refractivity contribution is 9.12. The van der Waals surface area contributed by atoms with E-state index < -0.39 is 36.4 Å². The number of amides is 3. The molecule has 4 rings (SSSR count). The predicted molar refractivity (Wildman–Crippen MR) is 121 cm³/mol. The van der Waals surface area contributed by atoms with E-state index in [9.17, 15) is 19.2 Å². The minimum atomic E-state index is -1.11. The van der Waals surface area contributed by atoms with Crippen molar-refractivity contribution < 1.29 is 23.9 Å². The minimum Gasteiger partial charge on any atom is -0.454 e. The molecule has 11 heteroatoms. The number of carbonyl (C=O) groups excluding carboxylic acids is 4. The Morgan fingerprint density at radius 1 is 1.13 bits per heavy atom. The Bertz CT molecular complexity index is 945. The highest BCUT2D eigenvalue weighted by Gasteiger charge is 2.67. The van der Waals surface area contributed by atoms with E-state index in [1.165, 1.54) is 19.1 Å². The van der Waals surface area contributed by atoms with Crippen molar-refractivity contribution in [2.75, 3.05) is 11.9 Å². The second-order valence-electron chi connectivity index (χ2n) is 8.01. The van der Waals surface area contributed by atoms with Gasteiger partial charge in [0.1, 0.15) is 6.04 Å². The number of esters is 1. The summed E-state index contributed by atoms with van der Waals surface area (Å²) in [5.41, 5.74) is 0.394. The second-order valence-corrected chi connectivity index (χ2v) is 10.9. The highest BCUT2D eigenvalue weighted by Crippen LogP contribution is 2.60. The van der Waals surface area contributed by atoms with Gasteiger partial charge in [0.05, 0.1) is 21.9 Å². The van der Waals surface area contributed by atoms with Gasteiger partial charge in [-0.05, 0) is 43.4 Å². The zero-order chi connectivity index (χ0) is 22.6. The molecule has 1 N–H and O–H groups in total. The summed E-state index contributed by atoms with van der Waals surface area (Å²) >= 11 is 19.0. The topological polar surface area (TPSA) is 92.8 Å². The molecule has 1 aliphatic heterocycles. The molecule has 1 saturated heterocycles. The highest BCUT2D eigenvalue weighted by atomic mass is 79.9. The molecule has 3 aliphatic rings. The Kier molecular flexibility index (Phi) is 6.42. The summed E-state index contributed by atoms with van der Waals surface area (Å²) in [6, 6.07) is 3.44. The Morgan fingerprint density at radius 3 is 2.26 bits per heavy atom. The van der Waals surface area contributed by atoms with Gasteiger partial charge >= 0.3 is 5.97 Å². The van der Waals surface area contributed by atoms with Gasteiger partial charge in [-0.25, -0.2) is 4.79 Å². The van der Waals surface area contributed by atoms with Crippen LogP contribution in [0.3, 0.4) is 0 Å². The van der Waals surface area contributed by atoms with Crippen LogP contribution < -0.4 is 5.32 Å². The molecule has 2 saturated carbocycles. The van der Waals surface area contributed by atoms with Gasteiger partial charge in [0.15, 0.2) is 6.61 Å². The van der Waals surface area contributed by atoms with E-state index in [1.807, 2.05) is 0 Å². The molecular formula is C20H18Br2Cl2N2O5. The molecule has 3 fully saturated rings. The largest absolute Gasteiger partial charge is 0.454 e. The molecule has 1 aromatic carbocycles. The third-order valence-corrected chi connectivity index (χ3v) is 10.2. The number of alkyl halides is 2. The first-order valence-electron chi connectivity index (χ1n) is 9.68. The number of rotatable bonds is 5. The molecule has 0 unspecified atom stereocenters. The van der Waals surface area contributed by atoms with Gasteiger partial charge in [-0.1, -0.05) is 55.1 Å². The lowest BCUT2D eigenvalue weighted by Gasteiger charge is -2.28. The Balaban J connectivity index is 1.36. The lowest BCUT2D eigenvalue weighted by molar-refractivity contribution is -0.159. The van der Waals surface area contributed by atoms with Gasteiger partial charge in [0, 0.05) is 15.3 Å². The van der Waals surface area contributed by atoms with Crippen molar-refractivity contribution in [1.29, 1.82) is 0 Å². The number of benzene rings is 1. The zero-order valence-corrected chi connectivity index (χ0v) is 20.9. The number of hydrogen-bond donors (Lipinski definition) is 1. The third-order valence-electron chi connectivity index (χ3n) is 6.30. The van der Waals surface area contributed by atoms with Crippen LogP contribution in [0.2, 0.25) is 10.0 Å². The van der Waals surface area contributed by atoms with Crippen molar-refractivity contribution >= 4 is 84.4 Å². The quantitative estimate of drug-likeness (QED) is 0.318. The molecule has 1 heterocycles. The van der Waals surface area contributed by atoms with E-state index in [0.29, 0.717) is 10.7 Å². The van der Waals surface area contributed by atoms with E-state index in [-0.39, 0.29) is 38.3 Å². The van der Waals surface area contributed by atoms with E-state index in [2.05, 4.69) is 37.2 Å². The van der Waals surface area contributed by atoms with Crippen molar-refractivity contribution in [3.05, 3.63) is 28.2 Å². The summed E-state index contributed by atoms with van der Waals surface area (Å²) < 4.78 is 5.06. The van der Waals surface area contributed by atoms with Gasteiger partial charge in [-0.2, -0.15) is 0 Å². The van der Waals surface area contributed by atoms with Gasteiger partial charge in [0.25, 0.3) is 5.91 Å². The number of imide groups is 1. The van der Waals surface area contributed by atoms with E-state index in [4.69, 9.17) is 27.9 Å². The SMILES string of the molecule is C[C@H](C(=O)OCC(=O)Nc1ccc(Cl)c(Cl)c1)N1C(=O)[C@@H]2[C@H]3C[C@@H]([C@H](Br)[C@@H]3Br)[C@@H]2C1=O. The number of halogens is 4. The third kappa shape index (κ3) is 3.92. The summed E-state index contributed by atoms with van der Waals surface area (Å²) in [5.74, 6) is -2.79. The van der Waals surface area contributed by atoms with E-state index >= 15 is 0 Å². The van der Waals surface area contributed by atoms with Crippen molar-refractivity contribution in [2.45, 2.75) is 29.0 Å². The fraction of sp³-hybridized carbons (Fsp3) is 0.500. The fourth-order valence-electron chi connectivity index (χ4n) is 4.89. The molecule has 7 nitrogen and oxygen atoms in total. The number of anilines is 1. The Morgan fingerprint density at radius 2 is 1.71 bits per heavy atom. The average molecular weight is 597 g/mol. The molecule has 166 valence electrons. The maximum absolute atomic E-state index is 13.0. The number of carbonyl (C=O) groups is 4. The lowest BCUT2D eigenvalue weighted by Crippen LogP contribution is -2.45. The van der Waals surface area contributed by atoms with Gasteiger partial charge in [0.2, 0.25) is 11.8 Å². The van der Waals surface area contributed by atoms with Crippen LogP contribution in [0, 0.1) is 23.7 Å². The number of nitrogens with one attached hydrogen (secondary N) is 1. The van der Waals surface area contributed by atoms with E-state index in [1.54, 1.807) is 6.07 Å². The molecule has 2 bridgehead atoms. The van der Waals surface area contributed by atoms with Crippen molar-refractivity contribution in [2.24, 2.45) is 23.7 Å². The molecule has 1 aromatic rings. The molecule has 7 atom stereocenters. The van der Waals surface area contributed by atoms with Crippen molar-refractivity contribution in [1.82, 2.24) is 4.90 Å². The average Bonchev–Trinajstić information content (AvgIpc) is 3.33. The van der Waals surface area contributed by atoms with Gasteiger partial charge in [-0.15, -0.1) is 0 Å². The first-order chi connectivity index (χ1) is 14.6. The summed E-state index contributed by atoms with van der Waals surface area (Å²) in [6.07, 6.45) is 0.806. The lowest BCUT2D eigenvalue weighted by atomic mass is 9.81. The predicted octanol–water partition coefficient (Wildman–Crippen LogP) is 3.64. The maximum atomic E-state index is 13.0. The molecular weight excluding hydrogens is 579 g/mol. The van der Waals surface area contributed by atoms with Crippen LogP contribution in [0.4, 0.5) is 5.69 Å². The number of fused-ring (bicyclic) bond motifs is 5. The van der Waals surface area contributed by atoms with Crippen LogP contribution in [-0.2, 0) is 23.9 Å². The number of nitrogens with zero attached hydrogens (tertiary/aromatic N) is 1. The second kappa shape index (κ2) is 8.65. The number of likely N-dealkylation sites (tertiary alicyclic amines) is 1. The first kappa shape index (κ1) is 23.0. The first-order valence-corrected chi connectivity index (χ1v) is 12.3. The Hall–Kier alpha value is -1.16. The Labute approximate surface area is 205 Å². The normalized spacial score (nSPS) is 32.2. The standard InChI is InChI=1S/C20H18Br2Cl2N2O5/c1-7(20(30)31-6-13(27)25-8-2-3-11(23)12(24)4-8)26-18(28)14-9-5-10(15(14)19(26)29)17(22)16(9)21/h2-4,7,9-10,14-17H,5-6H2,1H3,(H,25,27)/t7-,9-,10-,14-,15+,16-,17+/m1/s1. The van der Waals surface area contributed by atoms with Crippen LogP contribution in [0.15, 0.2) is 18.2 Å². The van der Waals surface area contributed by atoms with Crippen LogP contribution in [0.5, 0.6) is 0 Å². The summed E-state index contributed by atoms with van der Waals surface area (Å²) in [5, 5.41) is 3.15. The molecule has 0 aromatic heterocycles. The van der Waals surface area contributed by atoms with Gasteiger partial charge < -0.3 is 10.1 Å². The number of ether oxygens (including phenoxy) is 1. The molecule has 0 radical (unpaired) electrons. The van der Waals surface area contributed by atoms with Crippen LogP contribution in [0.1, 0.15) is 13.3 Å². The zero-order valence-electron chi connectivity index (χ0n) is 16.2. The van der Waals surface area contributed by atoms with Crippen molar-refractivity contribution in [3.63, 3.8) is 0 Å². The molecule has 0 spiro atoms. The summed E-state index contributed by atoms with van der Waals surface area (Å²) in [7, 11) is 0. The smallest absolute Gasteiger partial charge is 0.329 e. The summed E-state index contributed by atoms with van der Waals surface area (Å²) in [4.78, 5) is 51.8. The summed E-state index contributed by atoms with van der Waals surface area (Å²) in [6.45, 7) is 0.875. The van der Waals surface area contributed by atoms with Gasteiger partial charge in [-0.3, -0.25) is 19.3 Å². The molecule has 31 heavy (non-hydrogen) atoms. The van der Waals surface area contributed by atoms with Crippen LogP contribution in [-0.4, -0.2) is 50.9 Å². The minimum absolute atomic E-state index is 0.0565. The van der Waals surface area contributed by atoms with Crippen LogP contribution >= 0.6 is 55.1 Å². The van der Waals surface area contributed by atoms with E-state index in [0.717, 1.165) is 11.3 Å². The fourth-order valence-corrected chi connectivity index (χ4v) is 7.06. The van der Waals surface area contributed by atoms with Crippen molar-refractivity contribution in [3.8, 4) is 0 Å². The molecule has 3 amide bonds. The number of hydrogen-bond acceptors (Lipinski definition) is 5. The molecule has 2 aliphatic carbocycles. The maximum Gasteiger partial charge on any atom is 0.329 e.